The number of carbonyl (C=O) groups excluding carboxylic acids is 2. The maximum atomic E-state index is 14.3. The first kappa shape index (κ1) is 40.0. The summed E-state index contributed by atoms with van der Waals surface area (Å²) < 4.78 is 10.4. The van der Waals surface area contributed by atoms with Crippen molar-refractivity contribution < 1.29 is 24.2 Å². The quantitative estimate of drug-likeness (QED) is 0.115. The Morgan fingerprint density at radius 2 is 1.69 bits per heavy atom. The first-order valence-corrected chi connectivity index (χ1v) is 23.0. The highest BCUT2D eigenvalue weighted by Gasteiger charge is 2.51. The van der Waals surface area contributed by atoms with E-state index in [2.05, 4.69) is 25.3 Å². The van der Waals surface area contributed by atoms with Crippen LogP contribution in [-0.4, -0.2) is 65.2 Å². The van der Waals surface area contributed by atoms with Crippen molar-refractivity contribution in [1.29, 1.82) is 0 Å². The smallest absolute Gasteiger partial charge is 0.410 e. The number of carboxylic acid groups (broad SMARTS) is 1. The molecular weight excluding hydrogens is 825 g/mol. The summed E-state index contributed by atoms with van der Waals surface area (Å²) in [4.78, 5) is 51.3. The molecule has 0 radical (unpaired) electrons. The van der Waals surface area contributed by atoms with Gasteiger partial charge in [0.2, 0.25) is 0 Å². The van der Waals surface area contributed by atoms with E-state index >= 15 is 0 Å². The first-order chi connectivity index (χ1) is 31.1. The molecule has 4 aliphatic carbocycles. The number of nitrogens with one attached hydrogen (secondary N) is 2. The Balaban J connectivity index is 0.876. The minimum Gasteiger partial charge on any atom is -0.478 e. The van der Waals surface area contributed by atoms with Crippen molar-refractivity contribution in [2.24, 2.45) is 23.2 Å². The number of anilines is 3. The van der Waals surface area contributed by atoms with Gasteiger partial charge in [0.1, 0.15) is 18.0 Å². The Morgan fingerprint density at radius 3 is 2.42 bits per heavy atom. The van der Waals surface area contributed by atoms with Crippen molar-refractivity contribution in [1.82, 2.24) is 29.0 Å². The third-order valence-corrected chi connectivity index (χ3v) is 15.0. The lowest BCUT2D eigenvalue weighted by molar-refractivity contribution is -0.0638. The van der Waals surface area contributed by atoms with E-state index in [4.69, 9.17) is 9.84 Å². The molecule has 5 aliphatic rings. The maximum Gasteiger partial charge on any atom is 0.410 e. The number of aromatic carboxylic acids is 1. The van der Waals surface area contributed by atoms with Crippen LogP contribution in [0.2, 0.25) is 0 Å². The predicted octanol–water partition coefficient (Wildman–Crippen LogP) is 10.5. The molecule has 0 unspecified atom stereocenters. The molecule has 0 saturated heterocycles. The van der Waals surface area contributed by atoms with Gasteiger partial charge in [0.15, 0.2) is 10.8 Å². The lowest BCUT2D eigenvalue weighted by atomic mass is 9.49. The molecule has 0 spiro atoms. The Kier molecular flexibility index (Phi) is 10.1. The van der Waals surface area contributed by atoms with E-state index in [0.717, 1.165) is 62.5 Å². The minimum atomic E-state index is -1.09. The topological polar surface area (TPSA) is 156 Å². The molecule has 3 N–H and O–H groups in total. The second-order valence-corrected chi connectivity index (χ2v) is 19.3. The van der Waals surface area contributed by atoms with Crippen LogP contribution in [0, 0.1) is 30.1 Å². The molecule has 14 heteroatoms. The molecule has 12 rings (SSSR count). The van der Waals surface area contributed by atoms with Crippen molar-refractivity contribution in [3.8, 4) is 11.1 Å². The molecule has 4 fully saturated rings. The van der Waals surface area contributed by atoms with Crippen LogP contribution in [0.5, 0.6) is 0 Å². The van der Waals surface area contributed by atoms with E-state index in [0.29, 0.717) is 47.3 Å². The lowest BCUT2D eigenvalue weighted by Crippen LogP contribution is -2.48. The summed E-state index contributed by atoms with van der Waals surface area (Å²) in [6.07, 6.45) is 15.3. The van der Waals surface area contributed by atoms with E-state index < -0.39 is 5.97 Å². The standard InChI is InChI=1S/C50H48N8O5S/c1-30-39(26-52-58(30)29-50-23-32-19-33(24-50)21-34(20-32)25-50)37-15-18-57-43(27-51-45(57)44(37)47(60)61)53-40-12-11-36(22-38(40)46(59)55-48-54-41-9-5-6-10-42(41)64-48)35-13-16-56(17-14-35)49(62)63-28-31-7-3-2-4-8-31/h2-13,15,18,22,26-27,32-34,53H,14,16-17,19-21,23-25,28-29H2,1H3,(H,60,61)(H,54,55,59). The average Bonchev–Trinajstić information content (AvgIpc) is 4.01. The summed E-state index contributed by atoms with van der Waals surface area (Å²) in [6, 6.07) is 24.8. The molecule has 1 aliphatic heterocycles. The number of fused-ring (bicyclic) bond motifs is 2. The number of carbonyl (C=O) groups is 3. The van der Waals surface area contributed by atoms with Gasteiger partial charge in [-0.2, -0.15) is 5.10 Å². The Hall–Kier alpha value is -6.80. The number of imidazole rings is 1. The SMILES string of the molecule is Cc1c(-c2ccn3c(Nc4ccc(C5=CCN(C(=O)OCc6ccccc6)CC5)cc4C(=O)Nc4nc5ccccc5s4)cnc3c2C(=O)O)cnn1CC12CC3CC(CC(C3)C1)C2. The number of hydrogen-bond acceptors (Lipinski definition) is 9. The molecule has 324 valence electrons. The highest BCUT2D eigenvalue weighted by Crippen LogP contribution is 2.60. The first-order valence-electron chi connectivity index (χ1n) is 22.1. The summed E-state index contributed by atoms with van der Waals surface area (Å²) >= 11 is 1.39. The number of aromatic nitrogens is 5. The van der Waals surface area contributed by atoms with Gasteiger partial charge in [-0.1, -0.05) is 65.9 Å². The van der Waals surface area contributed by atoms with Crippen molar-refractivity contribution in [3.63, 3.8) is 0 Å². The summed E-state index contributed by atoms with van der Waals surface area (Å²) in [5, 5.41) is 22.5. The monoisotopic (exact) mass is 872 g/mol. The highest BCUT2D eigenvalue weighted by molar-refractivity contribution is 7.22. The van der Waals surface area contributed by atoms with Crippen LogP contribution in [0.25, 0.3) is 32.6 Å². The molecule has 13 nitrogen and oxygen atoms in total. The number of para-hydroxylation sites is 1. The molecule has 2 amide bonds. The van der Waals surface area contributed by atoms with Crippen LogP contribution in [0.15, 0.2) is 104 Å². The van der Waals surface area contributed by atoms with Crippen LogP contribution in [0.3, 0.4) is 0 Å². The van der Waals surface area contributed by atoms with Gasteiger partial charge in [-0.25, -0.2) is 19.6 Å². The van der Waals surface area contributed by atoms with E-state index in [1.54, 1.807) is 15.5 Å². The zero-order valence-corrected chi connectivity index (χ0v) is 36.3. The highest BCUT2D eigenvalue weighted by atomic mass is 32.1. The molecule has 64 heavy (non-hydrogen) atoms. The Morgan fingerprint density at radius 1 is 0.922 bits per heavy atom. The average molecular weight is 873 g/mol. The molecule has 7 aromatic rings. The summed E-state index contributed by atoms with van der Waals surface area (Å²) in [7, 11) is 0. The van der Waals surface area contributed by atoms with Crippen molar-refractivity contribution in [2.45, 2.75) is 65.0 Å². The van der Waals surface area contributed by atoms with E-state index in [1.807, 2.05) is 104 Å². The van der Waals surface area contributed by atoms with Gasteiger partial charge in [0, 0.05) is 42.7 Å². The molecule has 4 bridgehead atoms. The number of hydrogen-bond donors (Lipinski definition) is 3. The van der Waals surface area contributed by atoms with Gasteiger partial charge in [-0.05, 0) is 122 Å². The summed E-state index contributed by atoms with van der Waals surface area (Å²) in [6.45, 7) is 3.95. The van der Waals surface area contributed by atoms with Gasteiger partial charge in [0.05, 0.1) is 33.9 Å². The maximum absolute atomic E-state index is 14.3. The zero-order chi connectivity index (χ0) is 43.5. The van der Waals surface area contributed by atoms with Crippen LogP contribution in [-0.2, 0) is 17.9 Å². The number of nitrogens with zero attached hydrogens (tertiary/aromatic N) is 6. The van der Waals surface area contributed by atoms with Gasteiger partial charge in [-0.3, -0.25) is 19.2 Å². The van der Waals surface area contributed by atoms with Crippen molar-refractivity contribution >= 4 is 67.4 Å². The van der Waals surface area contributed by atoms with E-state index in [1.165, 1.54) is 49.9 Å². The zero-order valence-electron chi connectivity index (χ0n) is 35.5. The molecule has 0 atom stereocenters. The third-order valence-electron chi connectivity index (χ3n) is 14.0. The summed E-state index contributed by atoms with van der Waals surface area (Å²) in [5.74, 6) is 1.53. The van der Waals surface area contributed by atoms with Gasteiger partial charge < -0.3 is 20.1 Å². The van der Waals surface area contributed by atoms with Crippen LogP contribution in [0.1, 0.15) is 82.5 Å². The third kappa shape index (κ3) is 7.48. The largest absolute Gasteiger partial charge is 0.478 e. The Bertz CT molecular complexity index is 2940. The van der Waals surface area contributed by atoms with Gasteiger partial charge >= 0.3 is 12.1 Å². The van der Waals surface area contributed by atoms with Crippen molar-refractivity contribution in [3.05, 3.63) is 131 Å². The number of pyridine rings is 1. The van der Waals surface area contributed by atoms with E-state index in [-0.39, 0.29) is 35.2 Å². The number of ether oxygens (including phenoxy) is 1. The van der Waals surface area contributed by atoms with Crippen LogP contribution >= 0.6 is 11.3 Å². The molecule has 3 aromatic carbocycles. The number of amides is 2. The van der Waals surface area contributed by atoms with Crippen molar-refractivity contribution in [2.75, 3.05) is 23.7 Å². The number of benzene rings is 3. The lowest BCUT2D eigenvalue weighted by Gasteiger charge is -2.56. The summed E-state index contributed by atoms with van der Waals surface area (Å²) in [5.41, 5.74) is 7.35. The molecule has 4 saturated carbocycles. The number of carboxylic acids is 1. The molecular formula is C50H48N8O5S. The predicted molar refractivity (Wildman–Crippen MR) is 247 cm³/mol. The van der Waals surface area contributed by atoms with Crippen LogP contribution in [0.4, 0.5) is 21.4 Å². The number of rotatable bonds is 11. The van der Waals surface area contributed by atoms with Gasteiger partial charge in [0.25, 0.3) is 5.91 Å². The fourth-order valence-electron chi connectivity index (χ4n) is 11.4. The van der Waals surface area contributed by atoms with E-state index in [9.17, 15) is 19.5 Å². The van der Waals surface area contributed by atoms with Crippen LogP contribution < -0.4 is 10.6 Å². The second-order valence-electron chi connectivity index (χ2n) is 18.3. The Labute approximate surface area is 373 Å². The fraction of sp³-hybridized carbons (Fsp3) is 0.320. The fourth-order valence-corrected chi connectivity index (χ4v) is 12.3. The normalized spacial score (nSPS) is 21.3. The molecule has 5 heterocycles. The molecule has 4 aromatic heterocycles. The second kappa shape index (κ2) is 16.1. The minimum absolute atomic E-state index is 0.0828. The number of thiazole rings is 1. The van der Waals surface area contributed by atoms with Gasteiger partial charge in [-0.15, -0.1) is 0 Å².